The Morgan fingerprint density at radius 2 is 1.78 bits per heavy atom. The van der Waals surface area contributed by atoms with Gasteiger partial charge in [0.15, 0.2) is 5.82 Å². The standard InChI is InChI=1S/C33H29ClFN3O3/c1-20(2)26-17-27(21(3)15-31(26)40-4)32-37-29-12-8-6-10-25(29)33(39)38(32)36-18-23-16-24(34)13-14-30(23)41-19-22-9-5-7-11-28(22)35/h5-18,20H,19H2,1-4H3. The quantitative estimate of drug-likeness (QED) is 0.179. The van der Waals surface area contributed by atoms with Gasteiger partial charge in [-0.2, -0.15) is 9.78 Å². The van der Waals surface area contributed by atoms with Gasteiger partial charge in [-0.25, -0.2) is 9.37 Å². The molecule has 0 saturated heterocycles. The van der Waals surface area contributed by atoms with Crippen LogP contribution in [0.2, 0.25) is 5.02 Å². The van der Waals surface area contributed by atoms with Crippen molar-refractivity contribution in [2.75, 3.05) is 7.11 Å². The Balaban J connectivity index is 1.64. The first kappa shape index (κ1) is 28.1. The van der Waals surface area contributed by atoms with E-state index in [1.54, 1.807) is 55.6 Å². The highest BCUT2D eigenvalue weighted by Crippen LogP contribution is 2.34. The van der Waals surface area contributed by atoms with Crippen LogP contribution >= 0.6 is 11.6 Å². The molecule has 5 aromatic rings. The molecule has 6 nitrogen and oxygen atoms in total. The molecule has 41 heavy (non-hydrogen) atoms. The number of ether oxygens (including phenoxy) is 2. The van der Waals surface area contributed by atoms with E-state index < -0.39 is 0 Å². The Morgan fingerprint density at radius 1 is 1.02 bits per heavy atom. The molecular formula is C33H29ClFN3O3. The zero-order valence-corrected chi connectivity index (χ0v) is 23.9. The molecule has 0 bridgehead atoms. The number of benzene rings is 4. The van der Waals surface area contributed by atoms with Crippen LogP contribution in [0.5, 0.6) is 11.5 Å². The lowest BCUT2D eigenvalue weighted by Gasteiger charge is -2.17. The molecule has 0 amide bonds. The minimum Gasteiger partial charge on any atom is -0.496 e. The van der Waals surface area contributed by atoms with Crippen molar-refractivity contribution in [3.8, 4) is 22.9 Å². The van der Waals surface area contributed by atoms with Gasteiger partial charge in [-0.05, 0) is 72.5 Å². The van der Waals surface area contributed by atoms with Crippen LogP contribution in [0.15, 0.2) is 88.8 Å². The molecule has 0 saturated carbocycles. The van der Waals surface area contributed by atoms with Crippen LogP contribution < -0.4 is 15.0 Å². The number of aromatic nitrogens is 2. The van der Waals surface area contributed by atoms with Crippen LogP contribution in [0.4, 0.5) is 4.39 Å². The molecule has 5 rings (SSSR count). The molecule has 0 fully saturated rings. The second-order valence-electron chi connectivity index (χ2n) is 9.94. The zero-order chi connectivity index (χ0) is 29.1. The first-order valence-corrected chi connectivity index (χ1v) is 13.6. The fraction of sp³-hybridized carbons (Fsp3) is 0.182. The van der Waals surface area contributed by atoms with E-state index in [0.29, 0.717) is 38.6 Å². The third-order valence-corrected chi connectivity index (χ3v) is 7.05. The molecule has 0 spiro atoms. The number of rotatable bonds is 8. The highest BCUT2D eigenvalue weighted by Gasteiger charge is 2.18. The molecule has 0 aliphatic heterocycles. The second-order valence-corrected chi connectivity index (χ2v) is 10.4. The van der Waals surface area contributed by atoms with E-state index in [1.807, 2.05) is 31.2 Å². The average Bonchev–Trinajstić information content (AvgIpc) is 2.96. The topological polar surface area (TPSA) is 65.7 Å². The number of methoxy groups -OCH3 is 1. The molecular weight excluding hydrogens is 541 g/mol. The van der Waals surface area contributed by atoms with E-state index >= 15 is 0 Å². The lowest BCUT2D eigenvalue weighted by Crippen LogP contribution is -2.21. The fourth-order valence-electron chi connectivity index (χ4n) is 4.61. The van der Waals surface area contributed by atoms with Crippen LogP contribution in [0, 0.1) is 12.7 Å². The Bertz CT molecular complexity index is 1830. The summed E-state index contributed by atoms with van der Waals surface area (Å²) in [6.45, 7) is 6.12. The van der Waals surface area contributed by atoms with Crippen molar-refractivity contribution in [3.05, 3.63) is 122 Å². The maximum atomic E-state index is 14.2. The van der Waals surface area contributed by atoms with Crippen molar-refractivity contribution < 1.29 is 13.9 Å². The largest absolute Gasteiger partial charge is 0.496 e. The molecule has 0 atom stereocenters. The number of aryl methyl sites for hydroxylation is 1. The van der Waals surface area contributed by atoms with Gasteiger partial charge in [0.1, 0.15) is 23.9 Å². The van der Waals surface area contributed by atoms with Crippen LogP contribution in [-0.4, -0.2) is 23.0 Å². The van der Waals surface area contributed by atoms with Crippen LogP contribution in [-0.2, 0) is 6.61 Å². The minimum absolute atomic E-state index is 0.0148. The van der Waals surface area contributed by atoms with Crippen molar-refractivity contribution in [2.45, 2.75) is 33.3 Å². The summed E-state index contributed by atoms with van der Waals surface area (Å²) < 4.78 is 27.0. The number of nitrogens with zero attached hydrogens (tertiary/aromatic N) is 3. The first-order valence-electron chi connectivity index (χ1n) is 13.2. The summed E-state index contributed by atoms with van der Waals surface area (Å²) in [5, 5.41) is 5.50. The summed E-state index contributed by atoms with van der Waals surface area (Å²) in [5.41, 5.74) is 3.82. The number of hydrogen-bond acceptors (Lipinski definition) is 5. The number of fused-ring (bicyclic) bond motifs is 1. The third kappa shape index (κ3) is 5.86. The van der Waals surface area contributed by atoms with Crippen molar-refractivity contribution >= 4 is 28.7 Å². The Morgan fingerprint density at radius 3 is 2.54 bits per heavy atom. The summed E-state index contributed by atoms with van der Waals surface area (Å²) in [7, 11) is 1.64. The molecule has 0 unspecified atom stereocenters. The maximum Gasteiger partial charge on any atom is 0.282 e. The molecule has 0 aliphatic rings. The molecule has 1 heterocycles. The van der Waals surface area contributed by atoms with E-state index in [1.165, 1.54) is 17.0 Å². The molecule has 8 heteroatoms. The van der Waals surface area contributed by atoms with Gasteiger partial charge in [0.2, 0.25) is 0 Å². The van der Waals surface area contributed by atoms with Crippen molar-refractivity contribution in [2.24, 2.45) is 5.10 Å². The fourth-order valence-corrected chi connectivity index (χ4v) is 4.80. The maximum absolute atomic E-state index is 14.2. The van der Waals surface area contributed by atoms with Crippen molar-refractivity contribution in [3.63, 3.8) is 0 Å². The van der Waals surface area contributed by atoms with Gasteiger partial charge in [-0.1, -0.05) is 55.8 Å². The average molecular weight is 570 g/mol. The summed E-state index contributed by atoms with van der Waals surface area (Å²) in [6.07, 6.45) is 1.51. The molecule has 0 N–H and O–H groups in total. The predicted molar refractivity (Wildman–Crippen MR) is 162 cm³/mol. The van der Waals surface area contributed by atoms with Gasteiger partial charge in [-0.3, -0.25) is 4.79 Å². The van der Waals surface area contributed by atoms with Crippen LogP contribution in [0.25, 0.3) is 22.3 Å². The molecule has 1 aromatic heterocycles. The van der Waals surface area contributed by atoms with Gasteiger partial charge < -0.3 is 9.47 Å². The van der Waals surface area contributed by atoms with E-state index in [2.05, 4.69) is 18.9 Å². The molecule has 4 aromatic carbocycles. The second kappa shape index (κ2) is 11.9. The summed E-state index contributed by atoms with van der Waals surface area (Å²) in [6, 6.07) is 22.6. The normalized spacial score (nSPS) is 11.5. The van der Waals surface area contributed by atoms with E-state index in [9.17, 15) is 9.18 Å². The number of halogens is 2. The lowest BCUT2D eigenvalue weighted by atomic mass is 9.96. The first-order chi connectivity index (χ1) is 19.8. The number of hydrogen-bond donors (Lipinski definition) is 0. The minimum atomic E-state index is -0.356. The smallest absolute Gasteiger partial charge is 0.282 e. The molecule has 0 aliphatic carbocycles. The van der Waals surface area contributed by atoms with E-state index in [-0.39, 0.29) is 23.9 Å². The summed E-state index contributed by atoms with van der Waals surface area (Å²) in [4.78, 5) is 18.7. The SMILES string of the molecule is COc1cc(C)c(-c2nc3ccccc3c(=O)n2N=Cc2cc(Cl)ccc2OCc2ccccc2F)cc1C(C)C. The van der Waals surface area contributed by atoms with Gasteiger partial charge in [0, 0.05) is 21.7 Å². The molecule has 0 radical (unpaired) electrons. The predicted octanol–water partition coefficient (Wildman–Crippen LogP) is 7.76. The van der Waals surface area contributed by atoms with E-state index in [4.69, 9.17) is 26.1 Å². The van der Waals surface area contributed by atoms with Crippen molar-refractivity contribution in [1.82, 2.24) is 9.66 Å². The molecule has 208 valence electrons. The lowest BCUT2D eigenvalue weighted by molar-refractivity contribution is 0.299. The Hall–Kier alpha value is -4.49. The van der Waals surface area contributed by atoms with Gasteiger partial charge in [0.05, 0.1) is 24.2 Å². The highest BCUT2D eigenvalue weighted by molar-refractivity contribution is 6.30. The zero-order valence-electron chi connectivity index (χ0n) is 23.2. The van der Waals surface area contributed by atoms with Gasteiger partial charge >= 0.3 is 0 Å². The van der Waals surface area contributed by atoms with Gasteiger partial charge in [0.25, 0.3) is 5.56 Å². The van der Waals surface area contributed by atoms with Crippen molar-refractivity contribution in [1.29, 1.82) is 0 Å². The summed E-state index contributed by atoms with van der Waals surface area (Å²) in [5.74, 6) is 1.42. The Kier molecular flexibility index (Phi) is 8.17. The Labute approximate surface area is 242 Å². The summed E-state index contributed by atoms with van der Waals surface area (Å²) >= 11 is 6.30. The van der Waals surface area contributed by atoms with Crippen LogP contribution in [0.3, 0.4) is 0 Å². The number of para-hydroxylation sites is 1. The van der Waals surface area contributed by atoms with Gasteiger partial charge in [-0.15, -0.1) is 0 Å². The monoisotopic (exact) mass is 569 g/mol. The van der Waals surface area contributed by atoms with Crippen LogP contribution in [0.1, 0.15) is 42.0 Å². The van der Waals surface area contributed by atoms with E-state index in [0.717, 1.165) is 22.4 Å². The third-order valence-electron chi connectivity index (χ3n) is 6.82. The highest BCUT2D eigenvalue weighted by atomic mass is 35.5.